The van der Waals surface area contributed by atoms with Crippen molar-refractivity contribution in [1.29, 1.82) is 0 Å². The van der Waals surface area contributed by atoms with Crippen molar-refractivity contribution in [1.82, 2.24) is 4.90 Å². The van der Waals surface area contributed by atoms with Crippen LogP contribution in [0.2, 0.25) is 0 Å². The van der Waals surface area contributed by atoms with Gasteiger partial charge in [-0.2, -0.15) is 11.3 Å². The lowest BCUT2D eigenvalue weighted by atomic mass is 10.1. The molecule has 0 radical (unpaired) electrons. The summed E-state index contributed by atoms with van der Waals surface area (Å²) in [6.07, 6.45) is 2.12. The van der Waals surface area contributed by atoms with Gasteiger partial charge in [-0.05, 0) is 65.9 Å². The van der Waals surface area contributed by atoms with Crippen LogP contribution < -0.4 is 0 Å². The largest absolute Gasteiger partial charge is 0.376 e. The van der Waals surface area contributed by atoms with Gasteiger partial charge in [0.1, 0.15) is 5.82 Å². The van der Waals surface area contributed by atoms with Crippen LogP contribution in [0.5, 0.6) is 0 Å². The lowest BCUT2D eigenvalue weighted by Crippen LogP contribution is -2.37. The van der Waals surface area contributed by atoms with Crippen LogP contribution in [0, 0.1) is 12.7 Å². The smallest absolute Gasteiger partial charge is 0.254 e. The van der Waals surface area contributed by atoms with Gasteiger partial charge in [-0.15, -0.1) is 0 Å². The van der Waals surface area contributed by atoms with E-state index in [1.54, 1.807) is 24.3 Å². The van der Waals surface area contributed by atoms with E-state index in [9.17, 15) is 9.18 Å². The molecule has 0 unspecified atom stereocenters. The molecule has 0 aliphatic carbocycles. The van der Waals surface area contributed by atoms with Crippen LogP contribution in [-0.4, -0.2) is 30.1 Å². The Morgan fingerprint density at radius 2 is 2.30 bits per heavy atom. The monoisotopic (exact) mass is 333 g/mol. The minimum absolute atomic E-state index is 0.0656. The van der Waals surface area contributed by atoms with Gasteiger partial charge in [0.25, 0.3) is 5.91 Å². The number of benzene rings is 1. The van der Waals surface area contributed by atoms with Gasteiger partial charge in [0.15, 0.2) is 0 Å². The van der Waals surface area contributed by atoms with Crippen LogP contribution in [0.25, 0.3) is 0 Å². The van der Waals surface area contributed by atoms with E-state index < -0.39 is 0 Å². The van der Waals surface area contributed by atoms with Gasteiger partial charge in [0.2, 0.25) is 0 Å². The van der Waals surface area contributed by atoms with Crippen molar-refractivity contribution >= 4 is 17.2 Å². The Hall–Kier alpha value is -1.72. The fourth-order valence-corrected chi connectivity index (χ4v) is 3.55. The van der Waals surface area contributed by atoms with E-state index in [4.69, 9.17) is 4.74 Å². The first-order valence-electron chi connectivity index (χ1n) is 7.81. The molecule has 122 valence electrons. The van der Waals surface area contributed by atoms with Gasteiger partial charge < -0.3 is 9.64 Å². The highest BCUT2D eigenvalue weighted by atomic mass is 32.1. The van der Waals surface area contributed by atoms with Crippen molar-refractivity contribution in [2.24, 2.45) is 0 Å². The quantitative estimate of drug-likeness (QED) is 0.827. The van der Waals surface area contributed by atoms with Crippen LogP contribution in [0.1, 0.15) is 34.3 Å². The van der Waals surface area contributed by atoms with Gasteiger partial charge in [-0.25, -0.2) is 4.39 Å². The summed E-state index contributed by atoms with van der Waals surface area (Å²) in [5.41, 5.74) is 2.33. The highest BCUT2D eigenvalue weighted by Crippen LogP contribution is 2.20. The molecule has 23 heavy (non-hydrogen) atoms. The first-order valence-corrected chi connectivity index (χ1v) is 8.76. The maximum atomic E-state index is 13.3. The van der Waals surface area contributed by atoms with E-state index in [2.05, 4.69) is 0 Å². The molecule has 1 aliphatic heterocycles. The molecular weight excluding hydrogens is 313 g/mol. The Morgan fingerprint density at radius 3 is 2.96 bits per heavy atom. The third-order valence-corrected chi connectivity index (χ3v) is 4.84. The maximum absolute atomic E-state index is 13.3. The number of aryl methyl sites for hydroxylation is 1. The van der Waals surface area contributed by atoms with Crippen molar-refractivity contribution in [2.75, 3.05) is 13.2 Å². The number of carbonyl (C=O) groups excluding carboxylic acids is 1. The second-order valence-electron chi connectivity index (χ2n) is 5.91. The third kappa shape index (κ3) is 3.98. The van der Waals surface area contributed by atoms with E-state index in [1.807, 2.05) is 21.7 Å². The highest BCUT2D eigenvalue weighted by Gasteiger charge is 2.24. The fraction of sp³-hybridized carbons (Fsp3) is 0.389. The molecule has 1 fully saturated rings. The van der Waals surface area contributed by atoms with Gasteiger partial charge >= 0.3 is 0 Å². The average molecular weight is 333 g/mol. The normalized spacial score (nSPS) is 17.4. The molecule has 0 bridgehead atoms. The van der Waals surface area contributed by atoms with E-state index in [1.165, 1.54) is 12.1 Å². The highest BCUT2D eigenvalue weighted by molar-refractivity contribution is 7.07. The van der Waals surface area contributed by atoms with E-state index in [0.717, 1.165) is 25.0 Å². The molecule has 2 heterocycles. The summed E-state index contributed by atoms with van der Waals surface area (Å²) in [4.78, 5) is 14.8. The number of hydrogen-bond donors (Lipinski definition) is 0. The first kappa shape index (κ1) is 16.1. The Bertz CT molecular complexity index is 666. The van der Waals surface area contributed by atoms with E-state index in [0.29, 0.717) is 24.2 Å². The van der Waals surface area contributed by atoms with Gasteiger partial charge in [-0.1, -0.05) is 0 Å². The number of rotatable bonds is 5. The van der Waals surface area contributed by atoms with Crippen molar-refractivity contribution in [3.8, 4) is 0 Å². The van der Waals surface area contributed by atoms with E-state index in [-0.39, 0.29) is 17.8 Å². The zero-order valence-electron chi connectivity index (χ0n) is 13.1. The lowest BCUT2D eigenvalue weighted by Gasteiger charge is -2.26. The molecule has 1 aliphatic rings. The second-order valence-corrected chi connectivity index (χ2v) is 6.69. The SMILES string of the molecule is Cc1cc(F)ccc1C(=O)N(Cc1ccsc1)C[C@@H]1CCCO1. The number of thiophene rings is 1. The predicted octanol–water partition coefficient (Wildman–Crippen LogP) is 4.02. The Kier molecular flexibility index (Phi) is 5.08. The summed E-state index contributed by atoms with van der Waals surface area (Å²) in [5.74, 6) is -0.383. The van der Waals surface area contributed by atoms with Gasteiger partial charge in [-0.3, -0.25) is 4.79 Å². The number of hydrogen-bond acceptors (Lipinski definition) is 3. The minimum Gasteiger partial charge on any atom is -0.376 e. The summed E-state index contributed by atoms with van der Waals surface area (Å²) in [7, 11) is 0. The average Bonchev–Trinajstić information content (AvgIpc) is 3.19. The van der Waals surface area contributed by atoms with Crippen LogP contribution in [0.4, 0.5) is 4.39 Å². The zero-order valence-corrected chi connectivity index (χ0v) is 13.9. The molecule has 2 aromatic rings. The number of nitrogens with zero attached hydrogens (tertiary/aromatic N) is 1. The zero-order chi connectivity index (χ0) is 16.2. The third-order valence-electron chi connectivity index (χ3n) is 4.11. The number of amides is 1. The standard InChI is InChI=1S/C18H20FNO2S/c1-13-9-15(19)4-5-17(13)18(21)20(10-14-6-8-23-12-14)11-16-3-2-7-22-16/h4-6,8-9,12,16H,2-3,7,10-11H2,1H3/t16-/m0/s1. The Labute approximate surface area is 139 Å². The molecule has 1 saturated heterocycles. The molecule has 1 aromatic carbocycles. The summed E-state index contributed by atoms with van der Waals surface area (Å²) in [5, 5.41) is 4.06. The number of halogens is 1. The van der Waals surface area contributed by atoms with Crippen LogP contribution >= 0.6 is 11.3 Å². The number of ether oxygens (including phenoxy) is 1. The van der Waals surface area contributed by atoms with Crippen molar-refractivity contribution in [3.05, 3.63) is 57.5 Å². The molecule has 0 N–H and O–H groups in total. The molecule has 1 atom stereocenters. The first-order chi connectivity index (χ1) is 11.1. The second kappa shape index (κ2) is 7.23. The summed E-state index contributed by atoms with van der Waals surface area (Å²) in [6, 6.07) is 6.35. The summed E-state index contributed by atoms with van der Waals surface area (Å²) >= 11 is 1.62. The predicted molar refractivity (Wildman–Crippen MR) is 89.2 cm³/mol. The van der Waals surface area contributed by atoms with Crippen LogP contribution in [-0.2, 0) is 11.3 Å². The molecule has 5 heteroatoms. The molecule has 1 aromatic heterocycles. The molecule has 3 nitrogen and oxygen atoms in total. The van der Waals surface area contributed by atoms with Gasteiger partial charge in [0.05, 0.1) is 6.10 Å². The minimum atomic E-state index is -0.317. The lowest BCUT2D eigenvalue weighted by molar-refractivity contribution is 0.0507. The molecule has 0 spiro atoms. The fourth-order valence-electron chi connectivity index (χ4n) is 2.89. The van der Waals surface area contributed by atoms with Gasteiger partial charge in [0, 0.05) is 25.3 Å². The van der Waals surface area contributed by atoms with Crippen LogP contribution in [0.15, 0.2) is 35.0 Å². The van der Waals surface area contributed by atoms with Crippen molar-refractivity contribution < 1.29 is 13.9 Å². The van der Waals surface area contributed by atoms with Crippen molar-refractivity contribution in [3.63, 3.8) is 0 Å². The Morgan fingerprint density at radius 1 is 1.43 bits per heavy atom. The number of carbonyl (C=O) groups is 1. The summed E-state index contributed by atoms with van der Waals surface area (Å²) in [6.45, 7) is 3.66. The Balaban J connectivity index is 1.81. The van der Waals surface area contributed by atoms with Crippen molar-refractivity contribution in [2.45, 2.75) is 32.4 Å². The summed E-state index contributed by atoms with van der Waals surface area (Å²) < 4.78 is 19.0. The molecule has 1 amide bonds. The topological polar surface area (TPSA) is 29.5 Å². The maximum Gasteiger partial charge on any atom is 0.254 e. The molecule has 3 rings (SSSR count). The molecular formula is C18H20FNO2S. The molecule has 0 saturated carbocycles. The van der Waals surface area contributed by atoms with Crippen LogP contribution in [0.3, 0.4) is 0 Å². The van der Waals surface area contributed by atoms with E-state index >= 15 is 0 Å².